The fraction of sp³-hybridized carbons (Fsp3) is 0.167. The van der Waals surface area contributed by atoms with Crippen LogP contribution in [-0.2, 0) is 0 Å². The standard InChI is InChI=1S/C18H17N/c1-12-4-5-15-10-18(19-11-17(15)7-12)16-8-13(2)6-14(3)9-16/h4-11H,1-3H3. The minimum absolute atomic E-state index is 1.04. The van der Waals surface area contributed by atoms with E-state index in [1.165, 1.54) is 33.0 Å². The molecule has 1 heteroatoms. The molecule has 0 aliphatic carbocycles. The summed E-state index contributed by atoms with van der Waals surface area (Å²) in [4.78, 5) is 4.60. The molecule has 0 fully saturated rings. The van der Waals surface area contributed by atoms with E-state index in [0.717, 1.165) is 5.69 Å². The van der Waals surface area contributed by atoms with E-state index in [-0.39, 0.29) is 0 Å². The average molecular weight is 247 g/mol. The Bertz CT molecular complexity index is 736. The Hall–Kier alpha value is -2.15. The van der Waals surface area contributed by atoms with Crippen LogP contribution in [0.5, 0.6) is 0 Å². The van der Waals surface area contributed by atoms with E-state index >= 15 is 0 Å². The predicted molar refractivity (Wildman–Crippen MR) is 81.4 cm³/mol. The molecule has 0 bridgehead atoms. The van der Waals surface area contributed by atoms with Crippen LogP contribution in [0.3, 0.4) is 0 Å². The molecule has 94 valence electrons. The normalized spacial score (nSPS) is 10.9. The molecular formula is C18H17N. The van der Waals surface area contributed by atoms with Gasteiger partial charge in [-0.1, -0.05) is 34.9 Å². The van der Waals surface area contributed by atoms with E-state index in [4.69, 9.17) is 0 Å². The molecule has 0 saturated carbocycles. The van der Waals surface area contributed by atoms with E-state index in [9.17, 15) is 0 Å². The smallest absolute Gasteiger partial charge is 0.0708 e. The van der Waals surface area contributed by atoms with Gasteiger partial charge in [0, 0.05) is 17.1 Å². The van der Waals surface area contributed by atoms with E-state index in [1.807, 2.05) is 6.20 Å². The van der Waals surface area contributed by atoms with Crippen molar-refractivity contribution < 1.29 is 0 Å². The summed E-state index contributed by atoms with van der Waals surface area (Å²) >= 11 is 0. The molecule has 1 heterocycles. The minimum Gasteiger partial charge on any atom is -0.256 e. The molecule has 19 heavy (non-hydrogen) atoms. The Morgan fingerprint density at radius 2 is 1.42 bits per heavy atom. The SMILES string of the molecule is Cc1cc(C)cc(-c2cc3ccc(C)cc3cn2)c1. The molecule has 0 atom stereocenters. The van der Waals surface area contributed by atoms with Gasteiger partial charge in [-0.3, -0.25) is 4.98 Å². The van der Waals surface area contributed by atoms with Gasteiger partial charge in [-0.2, -0.15) is 0 Å². The fourth-order valence-electron chi connectivity index (χ4n) is 2.54. The van der Waals surface area contributed by atoms with Crippen molar-refractivity contribution in [2.24, 2.45) is 0 Å². The minimum atomic E-state index is 1.04. The molecule has 0 N–H and O–H groups in total. The van der Waals surface area contributed by atoms with Crippen LogP contribution in [0.2, 0.25) is 0 Å². The highest BCUT2D eigenvalue weighted by Gasteiger charge is 2.03. The zero-order valence-electron chi connectivity index (χ0n) is 11.6. The molecule has 1 nitrogen and oxygen atoms in total. The third-order valence-electron chi connectivity index (χ3n) is 3.39. The van der Waals surface area contributed by atoms with Gasteiger partial charge in [-0.05, 0) is 50.4 Å². The number of pyridine rings is 1. The van der Waals surface area contributed by atoms with Gasteiger partial charge in [-0.25, -0.2) is 0 Å². The Morgan fingerprint density at radius 3 is 2.16 bits per heavy atom. The summed E-state index contributed by atoms with van der Waals surface area (Å²) in [5, 5.41) is 2.45. The van der Waals surface area contributed by atoms with Crippen LogP contribution >= 0.6 is 0 Å². The first-order valence-electron chi connectivity index (χ1n) is 6.57. The maximum absolute atomic E-state index is 4.60. The predicted octanol–water partition coefficient (Wildman–Crippen LogP) is 4.83. The highest BCUT2D eigenvalue weighted by molar-refractivity contribution is 5.85. The highest BCUT2D eigenvalue weighted by Crippen LogP contribution is 2.24. The number of benzene rings is 2. The van der Waals surface area contributed by atoms with Crippen LogP contribution in [0.15, 0.2) is 48.7 Å². The van der Waals surface area contributed by atoms with Crippen LogP contribution in [0.1, 0.15) is 16.7 Å². The van der Waals surface area contributed by atoms with Gasteiger partial charge in [0.2, 0.25) is 0 Å². The van der Waals surface area contributed by atoms with Gasteiger partial charge in [0.25, 0.3) is 0 Å². The summed E-state index contributed by atoms with van der Waals surface area (Å²) in [6, 6.07) is 15.2. The maximum atomic E-state index is 4.60. The van der Waals surface area contributed by atoms with Gasteiger partial charge < -0.3 is 0 Å². The van der Waals surface area contributed by atoms with Crippen LogP contribution in [0.25, 0.3) is 22.0 Å². The van der Waals surface area contributed by atoms with Crippen LogP contribution in [-0.4, -0.2) is 4.98 Å². The third kappa shape index (κ3) is 2.37. The molecule has 2 aromatic carbocycles. The van der Waals surface area contributed by atoms with E-state index < -0.39 is 0 Å². The quantitative estimate of drug-likeness (QED) is 0.600. The van der Waals surface area contributed by atoms with Crippen molar-refractivity contribution in [1.82, 2.24) is 4.98 Å². The molecule has 0 aliphatic heterocycles. The molecule has 3 rings (SSSR count). The number of rotatable bonds is 1. The Labute approximate surface area is 113 Å². The van der Waals surface area contributed by atoms with E-state index in [2.05, 4.69) is 68.2 Å². The fourth-order valence-corrected chi connectivity index (χ4v) is 2.54. The maximum Gasteiger partial charge on any atom is 0.0708 e. The highest BCUT2D eigenvalue weighted by atomic mass is 14.7. The van der Waals surface area contributed by atoms with Crippen molar-refractivity contribution in [1.29, 1.82) is 0 Å². The summed E-state index contributed by atoms with van der Waals surface area (Å²) in [5.74, 6) is 0. The number of hydrogen-bond donors (Lipinski definition) is 0. The molecule has 0 radical (unpaired) electrons. The second-order valence-electron chi connectivity index (χ2n) is 5.30. The zero-order chi connectivity index (χ0) is 13.4. The lowest BCUT2D eigenvalue weighted by Gasteiger charge is -2.06. The average Bonchev–Trinajstić information content (AvgIpc) is 2.37. The number of fused-ring (bicyclic) bond motifs is 1. The van der Waals surface area contributed by atoms with Crippen molar-refractivity contribution in [3.05, 3.63) is 65.4 Å². The monoisotopic (exact) mass is 247 g/mol. The van der Waals surface area contributed by atoms with E-state index in [0.29, 0.717) is 0 Å². The molecule has 0 amide bonds. The number of aromatic nitrogens is 1. The first-order valence-corrected chi connectivity index (χ1v) is 6.57. The molecule has 3 aromatic rings. The second-order valence-corrected chi connectivity index (χ2v) is 5.30. The summed E-state index contributed by atoms with van der Waals surface area (Å²) in [6.45, 7) is 6.36. The number of aryl methyl sites for hydroxylation is 3. The van der Waals surface area contributed by atoms with Gasteiger partial charge in [0.05, 0.1) is 5.69 Å². The third-order valence-corrected chi connectivity index (χ3v) is 3.39. The Kier molecular flexibility index (Phi) is 2.83. The summed E-state index contributed by atoms with van der Waals surface area (Å²) in [5.41, 5.74) is 6.07. The lowest BCUT2D eigenvalue weighted by Crippen LogP contribution is -1.87. The van der Waals surface area contributed by atoms with Gasteiger partial charge in [0.1, 0.15) is 0 Å². The Morgan fingerprint density at radius 1 is 0.684 bits per heavy atom. The summed E-state index contributed by atoms with van der Waals surface area (Å²) in [7, 11) is 0. The Balaban J connectivity index is 2.17. The van der Waals surface area contributed by atoms with Crippen molar-refractivity contribution >= 4 is 10.8 Å². The molecule has 0 spiro atoms. The first-order chi connectivity index (χ1) is 9.11. The first kappa shape index (κ1) is 11.9. The molecule has 0 aliphatic rings. The molecular weight excluding hydrogens is 230 g/mol. The van der Waals surface area contributed by atoms with E-state index in [1.54, 1.807) is 0 Å². The lowest BCUT2D eigenvalue weighted by molar-refractivity contribution is 1.32. The van der Waals surface area contributed by atoms with Crippen molar-refractivity contribution in [3.63, 3.8) is 0 Å². The second kappa shape index (κ2) is 4.51. The van der Waals surface area contributed by atoms with Crippen LogP contribution < -0.4 is 0 Å². The van der Waals surface area contributed by atoms with Crippen molar-refractivity contribution in [3.8, 4) is 11.3 Å². The number of hydrogen-bond acceptors (Lipinski definition) is 1. The zero-order valence-corrected chi connectivity index (χ0v) is 11.6. The lowest BCUT2D eigenvalue weighted by atomic mass is 10.0. The van der Waals surface area contributed by atoms with Crippen molar-refractivity contribution in [2.45, 2.75) is 20.8 Å². The van der Waals surface area contributed by atoms with Gasteiger partial charge in [-0.15, -0.1) is 0 Å². The number of nitrogens with zero attached hydrogens (tertiary/aromatic N) is 1. The van der Waals surface area contributed by atoms with Gasteiger partial charge in [0.15, 0.2) is 0 Å². The van der Waals surface area contributed by atoms with Crippen molar-refractivity contribution in [2.75, 3.05) is 0 Å². The molecule has 0 unspecified atom stereocenters. The molecule has 1 aromatic heterocycles. The topological polar surface area (TPSA) is 12.9 Å². The van der Waals surface area contributed by atoms with Gasteiger partial charge >= 0.3 is 0 Å². The largest absolute Gasteiger partial charge is 0.256 e. The van der Waals surface area contributed by atoms with Crippen LogP contribution in [0, 0.1) is 20.8 Å². The molecule has 0 saturated heterocycles. The summed E-state index contributed by atoms with van der Waals surface area (Å²) in [6.07, 6.45) is 1.97. The van der Waals surface area contributed by atoms with Crippen LogP contribution in [0.4, 0.5) is 0 Å². The summed E-state index contributed by atoms with van der Waals surface area (Å²) < 4.78 is 0.